The molecule has 0 amide bonds. The number of methoxy groups -OCH3 is 1. The van der Waals surface area contributed by atoms with Gasteiger partial charge in [-0.1, -0.05) is 6.07 Å². The molecule has 0 N–H and O–H groups in total. The Morgan fingerprint density at radius 3 is 2.38 bits per heavy atom. The summed E-state index contributed by atoms with van der Waals surface area (Å²) in [6, 6.07) is 11.6. The Morgan fingerprint density at radius 2 is 1.71 bits per heavy atom. The molecule has 0 unspecified atom stereocenters. The van der Waals surface area contributed by atoms with Crippen LogP contribution in [0.15, 0.2) is 47.4 Å². The van der Waals surface area contributed by atoms with Crippen LogP contribution in [0.25, 0.3) is 0 Å². The zero-order valence-electron chi connectivity index (χ0n) is 19.3. The highest BCUT2D eigenvalue weighted by Crippen LogP contribution is 2.46. The van der Waals surface area contributed by atoms with E-state index in [1.54, 1.807) is 18.2 Å². The molecule has 2 fully saturated rings. The zero-order valence-corrected chi connectivity index (χ0v) is 20.1. The molecule has 3 aliphatic heterocycles. The SMILES string of the molecule is COc1cccc2c1C1(CN(CCCN3CCN(c4ccc(F)cc4)CC3)S2(=O)=O)OCCO1. The highest BCUT2D eigenvalue weighted by molar-refractivity contribution is 7.89. The van der Waals surface area contributed by atoms with E-state index in [0.29, 0.717) is 37.5 Å². The molecule has 1 spiro atoms. The van der Waals surface area contributed by atoms with Crippen molar-refractivity contribution in [3.8, 4) is 5.75 Å². The van der Waals surface area contributed by atoms with Gasteiger partial charge in [0.1, 0.15) is 11.6 Å². The number of anilines is 1. The number of nitrogens with zero attached hydrogens (tertiary/aromatic N) is 3. The fraction of sp³-hybridized carbons (Fsp3) is 0.500. The van der Waals surface area contributed by atoms with Crippen molar-refractivity contribution in [2.75, 3.05) is 71.0 Å². The van der Waals surface area contributed by atoms with E-state index >= 15 is 0 Å². The third-order valence-electron chi connectivity index (χ3n) is 6.79. The van der Waals surface area contributed by atoms with Crippen LogP contribution in [0.2, 0.25) is 0 Å². The van der Waals surface area contributed by atoms with E-state index in [1.807, 2.05) is 12.1 Å². The average Bonchev–Trinajstić information content (AvgIpc) is 3.32. The summed E-state index contributed by atoms with van der Waals surface area (Å²) < 4.78 is 59.0. The lowest BCUT2D eigenvalue weighted by atomic mass is 10.0. The maximum atomic E-state index is 13.4. The molecule has 2 aromatic carbocycles. The first-order valence-electron chi connectivity index (χ1n) is 11.6. The highest BCUT2D eigenvalue weighted by atomic mass is 32.2. The first-order valence-corrected chi connectivity index (χ1v) is 13.1. The van der Waals surface area contributed by atoms with E-state index in [2.05, 4.69) is 9.80 Å². The van der Waals surface area contributed by atoms with Gasteiger partial charge < -0.3 is 19.1 Å². The van der Waals surface area contributed by atoms with Crippen LogP contribution in [-0.4, -0.2) is 83.8 Å². The summed E-state index contributed by atoms with van der Waals surface area (Å²) in [5.41, 5.74) is 1.49. The fourth-order valence-electron chi connectivity index (χ4n) is 5.05. The van der Waals surface area contributed by atoms with E-state index < -0.39 is 15.8 Å². The van der Waals surface area contributed by atoms with E-state index in [9.17, 15) is 12.8 Å². The number of benzene rings is 2. The molecule has 3 heterocycles. The number of fused-ring (bicyclic) bond motifs is 2. The summed E-state index contributed by atoms with van der Waals surface area (Å²) >= 11 is 0. The van der Waals surface area contributed by atoms with Crippen LogP contribution < -0.4 is 9.64 Å². The molecule has 0 aliphatic carbocycles. The molecule has 0 radical (unpaired) electrons. The van der Waals surface area contributed by atoms with Crippen LogP contribution in [-0.2, 0) is 25.3 Å². The Balaban J connectivity index is 1.23. The molecule has 3 aliphatic rings. The normalized spacial score (nSPS) is 22.1. The van der Waals surface area contributed by atoms with Crippen LogP contribution >= 0.6 is 0 Å². The number of hydrogen-bond donors (Lipinski definition) is 0. The topological polar surface area (TPSA) is 71.6 Å². The van der Waals surface area contributed by atoms with Crippen molar-refractivity contribution in [3.63, 3.8) is 0 Å². The molecule has 5 rings (SSSR count). The summed E-state index contributed by atoms with van der Waals surface area (Å²) in [5.74, 6) is -0.901. The summed E-state index contributed by atoms with van der Waals surface area (Å²) in [4.78, 5) is 4.77. The number of hydrogen-bond acceptors (Lipinski definition) is 7. The molecule has 2 aromatic rings. The summed E-state index contributed by atoms with van der Waals surface area (Å²) in [5, 5.41) is 0. The number of ether oxygens (including phenoxy) is 3. The minimum absolute atomic E-state index is 0.112. The number of halogens is 1. The third kappa shape index (κ3) is 4.29. The fourth-order valence-corrected chi connectivity index (χ4v) is 6.80. The van der Waals surface area contributed by atoms with Gasteiger partial charge in [-0.3, -0.25) is 4.90 Å². The Kier molecular flexibility index (Phi) is 6.51. The maximum absolute atomic E-state index is 13.4. The van der Waals surface area contributed by atoms with Crippen LogP contribution in [0.1, 0.15) is 12.0 Å². The zero-order chi connectivity index (χ0) is 23.8. The van der Waals surface area contributed by atoms with E-state index in [4.69, 9.17) is 14.2 Å². The van der Waals surface area contributed by atoms with Gasteiger partial charge in [0.05, 0.1) is 37.3 Å². The first-order chi connectivity index (χ1) is 16.4. The number of rotatable bonds is 6. The van der Waals surface area contributed by atoms with Crippen molar-refractivity contribution in [3.05, 3.63) is 53.8 Å². The molecule has 34 heavy (non-hydrogen) atoms. The van der Waals surface area contributed by atoms with Crippen LogP contribution in [0.5, 0.6) is 5.75 Å². The molecule has 0 saturated carbocycles. The van der Waals surface area contributed by atoms with Crippen molar-refractivity contribution in [1.29, 1.82) is 0 Å². The van der Waals surface area contributed by atoms with Gasteiger partial charge in [-0.05, 0) is 49.4 Å². The number of piperazine rings is 1. The molecular formula is C24H30FN3O5S. The predicted octanol–water partition coefficient (Wildman–Crippen LogP) is 2.25. The van der Waals surface area contributed by atoms with Crippen LogP contribution in [0.3, 0.4) is 0 Å². The highest BCUT2D eigenvalue weighted by Gasteiger charge is 2.52. The lowest BCUT2D eigenvalue weighted by Crippen LogP contribution is -2.51. The van der Waals surface area contributed by atoms with Gasteiger partial charge in [0.2, 0.25) is 15.8 Å². The van der Waals surface area contributed by atoms with E-state index in [0.717, 1.165) is 38.4 Å². The quantitative estimate of drug-likeness (QED) is 0.614. The summed E-state index contributed by atoms with van der Waals surface area (Å²) in [7, 11) is -2.17. The lowest BCUT2D eigenvalue weighted by Gasteiger charge is -2.40. The lowest BCUT2D eigenvalue weighted by molar-refractivity contribution is -0.177. The molecule has 184 valence electrons. The average molecular weight is 492 g/mol. The van der Waals surface area contributed by atoms with Gasteiger partial charge in [0.25, 0.3) is 0 Å². The summed E-state index contributed by atoms with van der Waals surface area (Å²) in [6.07, 6.45) is 0.700. The largest absolute Gasteiger partial charge is 0.496 e. The second-order valence-electron chi connectivity index (χ2n) is 8.78. The van der Waals surface area contributed by atoms with Crippen molar-refractivity contribution in [2.45, 2.75) is 17.1 Å². The monoisotopic (exact) mass is 491 g/mol. The molecule has 0 aromatic heterocycles. The third-order valence-corrected chi connectivity index (χ3v) is 8.68. The molecule has 10 heteroatoms. The Hall–Kier alpha value is -2.24. The van der Waals surface area contributed by atoms with Gasteiger partial charge >= 0.3 is 0 Å². The van der Waals surface area contributed by atoms with Crippen molar-refractivity contribution < 1.29 is 27.0 Å². The molecule has 0 bridgehead atoms. The first kappa shape index (κ1) is 23.5. The van der Waals surface area contributed by atoms with Gasteiger partial charge in [-0.15, -0.1) is 0 Å². The second kappa shape index (κ2) is 9.43. The van der Waals surface area contributed by atoms with Crippen LogP contribution in [0.4, 0.5) is 10.1 Å². The predicted molar refractivity (Wildman–Crippen MR) is 125 cm³/mol. The van der Waals surface area contributed by atoms with Gasteiger partial charge in [-0.2, -0.15) is 4.31 Å². The van der Waals surface area contributed by atoms with Crippen molar-refractivity contribution in [2.24, 2.45) is 0 Å². The summed E-state index contributed by atoms with van der Waals surface area (Å²) in [6.45, 7) is 5.56. The van der Waals surface area contributed by atoms with E-state index in [1.165, 1.54) is 23.5 Å². The molecule has 2 saturated heterocycles. The van der Waals surface area contributed by atoms with E-state index in [-0.39, 0.29) is 17.3 Å². The molecule has 0 atom stereocenters. The Bertz CT molecular complexity index is 1110. The van der Waals surface area contributed by atoms with Gasteiger partial charge in [0, 0.05) is 38.4 Å². The minimum Gasteiger partial charge on any atom is -0.496 e. The standard InChI is InChI=1S/C24H30FN3O5S/c1-31-21-4-2-5-22-23(21)24(32-16-17-33-24)18-28(34(22,29)30)11-3-10-26-12-14-27(15-13-26)20-8-6-19(25)7-9-20/h2,4-9H,3,10-18H2,1H3. The number of sulfonamides is 1. The van der Waals surface area contributed by atoms with Crippen molar-refractivity contribution in [1.82, 2.24) is 9.21 Å². The molecular weight excluding hydrogens is 461 g/mol. The smallest absolute Gasteiger partial charge is 0.243 e. The van der Waals surface area contributed by atoms with Gasteiger partial charge in [-0.25, -0.2) is 12.8 Å². The molecule has 8 nitrogen and oxygen atoms in total. The van der Waals surface area contributed by atoms with Gasteiger partial charge in [0.15, 0.2) is 0 Å². The Labute approximate surface area is 199 Å². The minimum atomic E-state index is -3.69. The van der Waals surface area contributed by atoms with Crippen LogP contribution in [0, 0.1) is 5.82 Å². The maximum Gasteiger partial charge on any atom is 0.243 e. The van der Waals surface area contributed by atoms with Crippen molar-refractivity contribution >= 4 is 15.7 Å². The second-order valence-corrected chi connectivity index (χ2v) is 10.7. The Morgan fingerprint density at radius 1 is 1.00 bits per heavy atom.